The van der Waals surface area contributed by atoms with Crippen molar-refractivity contribution in [3.8, 4) is 0 Å². The van der Waals surface area contributed by atoms with Crippen molar-refractivity contribution in [3.05, 3.63) is 28.8 Å². The largest absolute Gasteiger partial charge is 0.339 e. The number of halogens is 2. The van der Waals surface area contributed by atoms with E-state index in [0.717, 1.165) is 0 Å². The van der Waals surface area contributed by atoms with Crippen LogP contribution in [-0.4, -0.2) is 32.3 Å². The third-order valence-electron chi connectivity index (χ3n) is 2.65. The lowest BCUT2D eigenvalue weighted by molar-refractivity contribution is 0.0745. The Morgan fingerprint density at radius 2 is 1.90 bits per heavy atom. The van der Waals surface area contributed by atoms with E-state index in [1.54, 1.807) is 4.90 Å². The van der Waals surface area contributed by atoms with Crippen LogP contribution in [0.15, 0.2) is 23.1 Å². The number of hydrogen-bond donors (Lipinski definition) is 0. The molecule has 0 N–H and O–H groups in total. The standard InChI is InChI=1S/C13H17Cl2NO3S/c1-4-16(8-9(2)3)13(17)10-5-11(14)7-12(6-10)20(15,18)19/h5-7,9H,4,8H2,1-3H3. The van der Waals surface area contributed by atoms with Crippen LogP contribution in [0.25, 0.3) is 0 Å². The van der Waals surface area contributed by atoms with Crippen LogP contribution in [0.1, 0.15) is 31.1 Å². The molecule has 0 aliphatic rings. The summed E-state index contributed by atoms with van der Waals surface area (Å²) in [5.41, 5.74) is 0.222. The second-order valence-electron chi connectivity index (χ2n) is 4.85. The summed E-state index contributed by atoms with van der Waals surface area (Å²) in [5, 5.41) is 0.163. The summed E-state index contributed by atoms with van der Waals surface area (Å²) in [6, 6.07) is 3.91. The number of amides is 1. The molecule has 0 heterocycles. The van der Waals surface area contributed by atoms with Gasteiger partial charge in [0.05, 0.1) is 4.90 Å². The number of hydrogen-bond acceptors (Lipinski definition) is 3. The lowest BCUT2D eigenvalue weighted by atomic mass is 10.1. The average Bonchev–Trinajstić information content (AvgIpc) is 2.33. The third kappa shape index (κ3) is 4.65. The van der Waals surface area contributed by atoms with Gasteiger partial charge in [-0.15, -0.1) is 0 Å². The van der Waals surface area contributed by atoms with Gasteiger partial charge in [0.25, 0.3) is 15.0 Å². The molecule has 0 aromatic heterocycles. The Morgan fingerprint density at radius 3 is 2.35 bits per heavy atom. The number of carbonyl (C=O) groups is 1. The highest BCUT2D eigenvalue weighted by Crippen LogP contribution is 2.23. The lowest BCUT2D eigenvalue weighted by Gasteiger charge is -2.23. The molecule has 7 heteroatoms. The summed E-state index contributed by atoms with van der Waals surface area (Å²) in [5.74, 6) is 0.0552. The fourth-order valence-electron chi connectivity index (χ4n) is 1.81. The SMILES string of the molecule is CCN(CC(C)C)C(=O)c1cc(Cl)cc(S(=O)(=O)Cl)c1. The molecule has 0 fully saturated rings. The monoisotopic (exact) mass is 337 g/mol. The van der Waals surface area contributed by atoms with Gasteiger partial charge in [0, 0.05) is 34.4 Å². The molecular formula is C13H17Cl2NO3S. The van der Waals surface area contributed by atoms with Gasteiger partial charge in [0.15, 0.2) is 0 Å². The first-order chi connectivity index (χ1) is 9.15. The van der Waals surface area contributed by atoms with Crippen molar-refractivity contribution in [2.45, 2.75) is 25.7 Å². The first-order valence-electron chi connectivity index (χ1n) is 6.19. The van der Waals surface area contributed by atoms with Gasteiger partial charge in [-0.2, -0.15) is 0 Å². The minimum Gasteiger partial charge on any atom is -0.339 e. The maximum Gasteiger partial charge on any atom is 0.261 e. The number of nitrogens with zero attached hydrogens (tertiary/aromatic N) is 1. The van der Waals surface area contributed by atoms with Crippen LogP contribution >= 0.6 is 22.3 Å². The summed E-state index contributed by atoms with van der Waals surface area (Å²) < 4.78 is 22.7. The van der Waals surface area contributed by atoms with Crippen LogP contribution < -0.4 is 0 Å². The molecule has 1 rings (SSSR count). The van der Waals surface area contributed by atoms with Crippen molar-refractivity contribution >= 4 is 37.2 Å². The summed E-state index contributed by atoms with van der Waals surface area (Å²) in [6.45, 7) is 6.99. The van der Waals surface area contributed by atoms with Gasteiger partial charge in [0.2, 0.25) is 0 Å². The van der Waals surface area contributed by atoms with Crippen LogP contribution in [0.4, 0.5) is 0 Å². The van der Waals surface area contributed by atoms with Gasteiger partial charge in [-0.1, -0.05) is 25.4 Å². The highest BCUT2D eigenvalue weighted by Gasteiger charge is 2.19. The van der Waals surface area contributed by atoms with Crippen molar-refractivity contribution in [1.29, 1.82) is 0 Å². The van der Waals surface area contributed by atoms with Gasteiger partial charge in [-0.05, 0) is 31.0 Å². The fourth-order valence-corrected chi connectivity index (χ4v) is 2.91. The number of rotatable bonds is 5. The van der Waals surface area contributed by atoms with E-state index in [4.69, 9.17) is 22.3 Å². The maximum atomic E-state index is 12.4. The van der Waals surface area contributed by atoms with Crippen LogP contribution in [0.3, 0.4) is 0 Å². The Balaban J connectivity index is 3.19. The molecule has 0 radical (unpaired) electrons. The lowest BCUT2D eigenvalue weighted by Crippen LogP contribution is -2.34. The zero-order valence-corrected chi connectivity index (χ0v) is 13.9. The fraction of sp³-hybridized carbons (Fsp3) is 0.462. The molecule has 0 spiro atoms. The highest BCUT2D eigenvalue weighted by atomic mass is 35.7. The van der Waals surface area contributed by atoms with E-state index in [0.29, 0.717) is 19.0 Å². The van der Waals surface area contributed by atoms with Gasteiger partial charge in [-0.3, -0.25) is 4.79 Å². The van der Waals surface area contributed by atoms with Crippen molar-refractivity contribution in [2.75, 3.05) is 13.1 Å². The first-order valence-corrected chi connectivity index (χ1v) is 8.88. The van der Waals surface area contributed by atoms with Crippen LogP contribution in [0.2, 0.25) is 5.02 Å². The second kappa shape index (κ2) is 6.78. The van der Waals surface area contributed by atoms with E-state index in [1.807, 2.05) is 20.8 Å². The molecule has 0 saturated carbocycles. The molecule has 4 nitrogen and oxygen atoms in total. The van der Waals surface area contributed by atoms with Gasteiger partial charge < -0.3 is 4.90 Å². The van der Waals surface area contributed by atoms with Gasteiger partial charge in [-0.25, -0.2) is 8.42 Å². The Hall–Kier alpha value is -0.780. The summed E-state index contributed by atoms with van der Waals surface area (Å²) in [6.07, 6.45) is 0. The molecule has 1 amide bonds. The summed E-state index contributed by atoms with van der Waals surface area (Å²) in [7, 11) is 1.37. The van der Waals surface area contributed by atoms with Gasteiger partial charge >= 0.3 is 0 Å². The Morgan fingerprint density at radius 1 is 1.30 bits per heavy atom. The van der Waals surface area contributed by atoms with Crippen molar-refractivity contribution in [2.24, 2.45) is 5.92 Å². The van der Waals surface area contributed by atoms with E-state index >= 15 is 0 Å². The van der Waals surface area contributed by atoms with Crippen LogP contribution in [0, 0.1) is 5.92 Å². The predicted octanol–water partition coefficient (Wildman–Crippen LogP) is 3.39. The molecule has 1 aromatic carbocycles. The molecule has 1 aromatic rings. The quantitative estimate of drug-likeness (QED) is 0.774. The summed E-state index contributed by atoms with van der Waals surface area (Å²) in [4.78, 5) is 13.8. The third-order valence-corrected chi connectivity index (χ3v) is 4.21. The molecule has 0 unspecified atom stereocenters. The predicted molar refractivity (Wildman–Crippen MR) is 80.9 cm³/mol. The highest BCUT2D eigenvalue weighted by molar-refractivity contribution is 8.13. The molecule has 0 atom stereocenters. The Bertz CT molecular complexity index is 600. The first kappa shape index (κ1) is 17.3. The molecule has 0 bridgehead atoms. The molecular weight excluding hydrogens is 321 g/mol. The maximum absolute atomic E-state index is 12.4. The topological polar surface area (TPSA) is 54.5 Å². The van der Waals surface area contributed by atoms with Crippen molar-refractivity contribution in [3.63, 3.8) is 0 Å². The normalized spacial score (nSPS) is 11.7. The van der Waals surface area contributed by atoms with E-state index in [2.05, 4.69) is 0 Å². The zero-order chi connectivity index (χ0) is 15.5. The van der Waals surface area contributed by atoms with Gasteiger partial charge in [0.1, 0.15) is 0 Å². The van der Waals surface area contributed by atoms with E-state index < -0.39 is 9.05 Å². The molecule has 112 valence electrons. The van der Waals surface area contributed by atoms with E-state index in [9.17, 15) is 13.2 Å². The zero-order valence-electron chi connectivity index (χ0n) is 11.6. The smallest absolute Gasteiger partial charge is 0.261 e. The minimum absolute atomic E-state index is 0.163. The molecule has 0 saturated heterocycles. The molecule has 0 aliphatic carbocycles. The minimum atomic E-state index is -3.92. The Labute approximate surface area is 129 Å². The van der Waals surface area contributed by atoms with Crippen molar-refractivity contribution in [1.82, 2.24) is 4.90 Å². The number of benzene rings is 1. The van der Waals surface area contributed by atoms with Crippen LogP contribution in [0.5, 0.6) is 0 Å². The second-order valence-corrected chi connectivity index (χ2v) is 7.85. The van der Waals surface area contributed by atoms with E-state index in [1.165, 1.54) is 18.2 Å². The molecule has 0 aliphatic heterocycles. The summed E-state index contributed by atoms with van der Waals surface area (Å²) >= 11 is 5.86. The van der Waals surface area contributed by atoms with E-state index in [-0.39, 0.29) is 21.4 Å². The average molecular weight is 338 g/mol. The molecule has 20 heavy (non-hydrogen) atoms. The Kier molecular flexibility index (Phi) is 5.86. The number of carbonyl (C=O) groups excluding carboxylic acids is 1. The van der Waals surface area contributed by atoms with Crippen molar-refractivity contribution < 1.29 is 13.2 Å². The van der Waals surface area contributed by atoms with Crippen LogP contribution in [-0.2, 0) is 9.05 Å².